The molecule has 3 aromatic rings. The second-order valence-electron chi connectivity index (χ2n) is 4.95. The molecule has 0 spiro atoms. The van der Waals surface area contributed by atoms with Crippen LogP contribution in [0, 0.1) is 5.82 Å². The smallest absolute Gasteiger partial charge is 0.226 e. The van der Waals surface area contributed by atoms with Gasteiger partial charge in [-0.2, -0.15) is 4.98 Å². The number of aryl methyl sites for hydroxylation is 1. The molecule has 3 rings (SSSR count). The molecule has 0 unspecified atom stereocenters. The molecule has 0 saturated carbocycles. The van der Waals surface area contributed by atoms with Crippen molar-refractivity contribution >= 4 is 5.95 Å². The van der Waals surface area contributed by atoms with Gasteiger partial charge in [0.2, 0.25) is 11.8 Å². The molecular weight excluding hydrogens is 297 g/mol. The van der Waals surface area contributed by atoms with Crippen LogP contribution in [-0.2, 0) is 7.05 Å². The highest BCUT2D eigenvalue weighted by atomic mass is 19.1. The first-order valence-corrected chi connectivity index (χ1v) is 7.03. The Balaban J connectivity index is 1.98. The molecule has 0 radical (unpaired) electrons. The van der Waals surface area contributed by atoms with Crippen molar-refractivity contribution in [3.63, 3.8) is 0 Å². The lowest BCUT2D eigenvalue weighted by atomic mass is 10.1. The molecule has 0 aliphatic carbocycles. The van der Waals surface area contributed by atoms with Gasteiger partial charge < -0.3 is 14.6 Å². The van der Waals surface area contributed by atoms with Gasteiger partial charge in [0, 0.05) is 31.7 Å². The van der Waals surface area contributed by atoms with Crippen LogP contribution in [0.3, 0.4) is 0 Å². The van der Waals surface area contributed by atoms with E-state index >= 15 is 0 Å². The molecule has 2 aromatic heterocycles. The lowest BCUT2D eigenvalue weighted by Gasteiger charge is -2.19. The van der Waals surface area contributed by atoms with E-state index in [2.05, 4.69) is 20.3 Å². The lowest BCUT2D eigenvalue weighted by molar-refractivity contribution is 0.397. The Morgan fingerprint density at radius 3 is 2.57 bits per heavy atom. The van der Waals surface area contributed by atoms with Crippen LogP contribution in [0.25, 0.3) is 0 Å². The minimum absolute atomic E-state index is 0.287. The Morgan fingerprint density at radius 2 is 1.91 bits per heavy atom. The van der Waals surface area contributed by atoms with Crippen molar-refractivity contribution in [1.82, 2.24) is 19.5 Å². The number of imidazole rings is 1. The van der Waals surface area contributed by atoms with E-state index in [1.165, 1.54) is 12.1 Å². The molecule has 23 heavy (non-hydrogen) atoms. The van der Waals surface area contributed by atoms with Crippen LogP contribution in [0.15, 0.2) is 48.9 Å². The molecule has 1 aromatic carbocycles. The van der Waals surface area contributed by atoms with E-state index in [1.54, 1.807) is 37.7 Å². The molecule has 7 heteroatoms. The van der Waals surface area contributed by atoms with Gasteiger partial charge in [0.05, 0.1) is 7.11 Å². The second kappa shape index (κ2) is 6.43. The van der Waals surface area contributed by atoms with Crippen molar-refractivity contribution in [2.24, 2.45) is 7.05 Å². The van der Waals surface area contributed by atoms with Crippen LogP contribution in [0.1, 0.15) is 17.4 Å². The summed E-state index contributed by atoms with van der Waals surface area (Å²) in [4.78, 5) is 12.8. The third kappa shape index (κ3) is 3.28. The van der Waals surface area contributed by atoms with Gasteiger partial charge in [-0.15, -0.1) is 0 Å². The Kier molecular flexibility index (Phi) is 4.18. The monoisotopic (exact) mass is 313 g/mol. The molecule has 0 aliphatic rings. The zero-order valence-electron chi connectivity index (χ0n) is 12.8. The molecule has 1 N–H and O–H groups in total. The predicted molar refractivity (Wildman–Crippen MR) is 83.7 cm³/mol. The molecule has 2 heterocycles. The van der Waals surface area contributed by atoms with Gasteiger partial charge in [-0.05, 0) is 17.7 Å². The van der Waals surface area contributed by atoms with Gasteiger partial charge in [0.1, 0.15) is 17.7 Å². The number of methoxy groups -OCH3 is 1. The fourth-order valence-corrected chi connectivity index (χ4v) is 2.26. The number of hydrogen-bond acceptors (Lipinski definition) is 5. The first-order valence-electron chi connectivity index (χ1n) is 7.03. The fraction of sp³-hybridized carbons (Fsp3) is 0.188. The topological polar surface area (TPSA) is 64.9 Å². The first-order chi connectivity index (χ1) is 11.2. The van der Waals surface area contributed by atoms with Crippen molar-refractivity contribution in [1.29, 1.82) is 0 Å². The van der Waals surface area contributed by atoms with E-state index in [9.17, 15) is 4.39 Å². The van der Waals surface area contributed by atoms with Crippen LogP contribution in [0.4, 0.5) is 10.3 Å². The van der Waals surface area contributed by atoms with Crippen LogP contribution >= 0.6 is 0 Å². The van der Waals surface area contributed by atoms with Gasteiger partial charge in [0.25, 0.3) is 0 Å². The normalized spacial score (nSPS) is 12.0. The largest absolute Gasteiger partial charge is 0.481 e. The average molecular weight is 313 g/mol. The van der Waals surface area contributed by atoms with Crippen molar-refractivity contribution in [3.8, 4) is 5.88 Å². The number of ether oxygens (including phenoxy) is 1. The maximum atomic E-state index is 13.2. The molecule has 118 valence electrons. The summed E-state index contributed by atoms with van der Waals surface area (Å²) in [6.45, 7) is 0. The van der Waals surface area contributed by atoms with Crippen molar-refractivity contribution in [2.45, 2.75) is 6.04 Å². The number of halogens is 1. The van der Waals surface area contributed by atoms with Gasteiger partial charge in [-0.25, -0.2) is 14.4 Å². The van der Waals surface area contributed by atoms with Crippen molar-refractivity contribution < 1.29 is 9.13 Å². The quantitative estimate of drug-likeness (QED) is 0.784. The summed E-state index contributed by atoms with van der Waals surface area (Å²) in [6.07, 6.45) is 5.16. The summed E-state index contributed by atoms with van der Waals surface area (Å²) in [5.74, 6) is 1.34. The summed E-state index contributed by atoms with van der Waals surface area (Å²) < 4.78 is 20.2. The highest BCUT2D eigenvalue weighted by Gasteiger charge is 2.19. The summed E-state index contributed by atoms with van der Waals surface area (Å²) in [5.41, 5.74) is 0.854. The molecule has 1 atom stereocenters. The lowest BCUT2D eigenvalue weighted by Crippen LogP contribution is -2.18. The number of benzene rings is 1. The maximum absolute atomic E-state index is 13.2. The third-order valence-corrected chi connectivity index (χ3v) is 3.43. The Hall–Kier alpha value is -2.96. The minimum Gasteiger partial charge on any atom is -0.481 e. The zero-order chi connectivity index (χ0) is 16.2. The molecular formula is C16H16FN5O. The second-order valence-corrected chi connectivity index (χ2v) is 4.95. The van der Waals surface area contributed by atoms with E-state index in [1.807, 2.05) is 17.8 Å². The summed E-state index contributed by atoms with van der Waals surface area (Å²) in [5, 5.41) is 3.22. The third-order valence-electron chi connectivity index (χ3n) is 3.43. The Morgan fingerprint density at radius 1 is 1.13 bits per heavy atom. The SMILES string of the molecule is COc1ccnc(N[C@@H](c2ccc(F)cc2)c2nccn2C)n1. The molecule has 0 fully saturated rings. The number of rotatable bonds is 5. The highest BCUT2D eigenvalue weighted by molar-refractivity contribution is 5.38. The van der Waals surface area contributed by atoms with E-state index in [0.29, 0.717) is 11.8 Å². The summed E-state index contributed by atoms with van der Waals surface area (Å²) >= 11 is 0. The number of aromatic nitrogens is 4. The number of anilines is 1. The minimum atomic E-state index is -0.317. The van der Waals surface area contributed by atoms with E-state index in [-0.39, 0.29) is 11.9 Å². The maximum Gasteiger partial charge on any atom is 0.226 e. The van der Waals surface area contributed by atoms with Crippen LogP contribution < -0.4 is 10.1 Å². The van der Waals surface area contributed by atoms with E-state index in [4.69, 9.17) is 4.74 Å². The zero-order valence-corrected chi connectivity index (χ0v) is 12.8. The molecule has 0 aliphatic heterocycles. The number of nitrogens with zero attached hydrogens (tertiary/aromatic N) is 4. The summed E-state index contributed by atoms with van der Waals surface area (Å²) in [6, 6.07) is 7.60. The molecule has 0 saturated heterocycles. The molecule has 6 nitrogen and oxygen atoms in total. The highest BCUT2D eigenvalue weighted by Crippen LogP contribution is 2.24. The summed E-state index contributed by atoms with van der Waals surface area (Å²) in [7, 11) is 3.44. The molecule has 0 amide bonds. The van der Waals surface area contributed by atoms with E-state index in [0.717, 1.165) is 11.4 Å². The first kappa shape index (κ1) is 15.0. The number of hydrogen-bond donors (Lipinski definition) is 1. The number of nitrogens with one attached hydrogen (secondary N) is 1. The Labute approximate surface area is 133 Å². The predicted octanol–water partition coefficient (Wildman–Crippen LogP) is 2.56. The standard InChI is InChI=1S/C16H16FN5O/c1-22-10-9-18-15(22)14(11-3-5-12(17)6-4-11)21-16-19-8-7-13(20-16)23-2/h3-10,14H,1-2H3,(H,19,20,21)/t14-/m0/s1. The van der Waals surface area contributed by atoms with Gasteiger partial charge in [-0.1, -0.05) is 12.1 Å². The van der Waals surface area contributed by atoms with Crippen LogP contribution in [-0.4, -0.2) is 26.6 Å². The molecule has 0 bridgehead atoms. The average Bonchev–Trinajstić information content (AvgIpc) is 3.00. The van der Waals surface area contributed by atoms with Crippen molar-refractivity contribution in [3.05, 3.63) is 66.1 Å². The Bertz CT molecular complexity index is 787. The van der Waals surface area contributed by atoms with Gasteiger partial charge >= 0.3 is 0 Å². The van der Waals surface area contributed by atoms with Crippen molar-refractivity contribution in [2.75, 3.05) is 12.4 Å². The van der Waals surface area contributed by atoms with E-state index < -0.39 is 0 Å². The van der Waals surface area contributed by atoms with Crippen LogP contribution in [0.2, 0.25) is 0 Å². The van der Waals surface area contributed by atoms with Gasteiger partial charge in [-0.3, -0.25) is 0 Å². The fourth-order valence-electron chi connectivity index (χ4n) is 2.26. The van der Waals surface area contributed by atoms with Crippen LogP contribution in [0.5, 0.6) is 5.88 Å². The van der Waals surface area contributed by atoms with Gasteiger partial charge in [0.15, 0.2) is 0 Å².